The van der Waals surface area contributed by atoms with Gasteiger partial charge < -0.3 is 10.6 Å². The zero-order valence-corrected chi connectivity index (χ0v) is 16.2. The summed E-state index contributed by atoms with van der Waals surface area (Å²) >= 11 is 1.54. The van der Waals surface area contributed by atoms with E-state index in [1.54, 1.807) is 23.5 Å². The highest BCUT2D eigenvalue weighted by molar-refractivity contribution is 7.10. The molecule has 2 saturated carbocycles. The maximum Gasteiger partial charge on any atom is 0.268 e. The van der Waals surface area contributed by atoms with Crippen molar-refractivity contribution in [3.05, 3.63) is 63.5 Å². The normalized spacial score (nSPS) is 24.0. The van der Waals surface area contributed by atoms with Crippen LogP contribution in [0.1, 0.15) is 46.5 Å². The number of hydrogen-bond acceptors (Lipinski definition) is 3. The standard InChI is InChI=1S/C22H24N2O2S/c1-14-4-2-5-17(10-14)21(25)24-20(13-18-6-3-9-27-18)22(26)23-19-12-15-7-8-16(19)11-15/h2-6,9-10,13,15-16,19H,7-8,11-12H2,1H3,(H,23,26)(H,24,25)/b20-13-/t15-,16+,19+/m0/s1. The summed E-state index contributed by atoms with van der Waals surface area (Å²) < 4.78 is 0. The van der Waals surface area contributed by atoms with Crippen molar-refractivity contribution < 1.29 is 9.59 Å². The van der Waals surface area contributed by atoms with E-state index in [0.29, 0.717) is 17.2 Å². The second-order valence-electron chi connectivity index (χ2n) is 7.65. The van der Waals surface area contributed by atoms with E-state index in [0.717, 1.165) is 22.8 Å². The van der Waals surface area contributed by atoms with Crippen molar-refractivity contribution in [3.63, 3.8) is 0 Å². The molecule has 0 spiro atoms. The number of aryl methyl sites for hydroxylation is 1. The number of nitrogens with one attached hydrogen (secondary N) is 2. The van der Waals surface area contributed by atoms with Gasteiger partial charge in [0.1, 0.15) is 5.70 Å². The summed E-state index contributed by atoms with van der Waals surface area (Å²) in [7, 11) is 0. The average molecular weight is 381 g/mol. The van der Waals surface area contributed by atoms with Gasteiger partial charge in [-0.15, -0.1) is 11.3 Å². The molecule has 2 N–H and O–H groups in total. The van der Waals surface area contributed by atoms with Crippen LogP contribution in [-0.4, -0.2) is 17.9 Å². The van der Waals surface area contributed by atoms with Crippen LogP contribution < -0.4 is 10.6 Å². The Morgan fingerprint density at radius 3 is 2.70 bits per heavy atom. The van der Waals surface area contributed by atoms with Crippen molar-refractivity contribution in [2.24, 2.45) is 11.8 Å². The van der Waals surface area contributed by atoms with Gasteiger partial charge in [0.25, 0.3) is 11.8 Å². The van der Waals surface area contributed by atoms with Crippen LogP contribution in [0.5, 0.6) is 0 Å². The van der Waals surface area contributed by atoms with Gasteiger partial charge >= 0.3 is 0 Å². The summed E-state index contributed by atoms with van der Waals surface area (Å²) in [6.07, 6.45) is 6.55. The zero-order valence-electron chi connectivity index (χ0n) is 15.4. The second-order valence-corrected chi connectivity index (χ2v) is 8.63. The van der Waals surface area contributed by atoms with Gasteiger partial charge in [-0.1, -0.05) is 30.2 Å². The molecule has 2 aromatic rings. The van der Waals surface area contributed by atoms with Gasteiger partial charge in [-0.3, -0.25) is 9.59 Å². The Hall–Kier alpha value is -2.40. The van der Waals surface area contributed by atoms with Crippen LogP contribution in [-0.2, 0) is 4.79 Å². The first-order valence-corrected chi connectivity index (χ1v) is 10.4. The van der Waals surface area contributed by atoms with E-state index >= 15 is 0 Å². The van der Waals surface area contributed by atoms with Gasteiger partial charge in [-0.2, -0.15) is 0 Å². The summed E-state index contributed by atoms with van der Waals surface area (Å²) in [4.78, 5) is 26.6. The topological polar surface area (TPSA) is 58.2 Å². The fourth-order valence-electron chi connectivity index (χ4n) is 4.32. The van der Waals surface area contributed by atoms with E-state index in [1.165, 1.54) is 19.3 Å². The molecule has 0 aliphatic heterocycles. The lowest BCUT2D eigenvalue weighted by molar-refractivity contribution is -0.118. The number of rotatable bonds is 5. The monoisotopic (exact) mass is 380 g/mol. The van der Waals surface area contributed by atoms with Gasteiger partial charge in [0, 0.05) is 16.5 Å². The molecule has 0 saturated heterocycles. The zero-order chi connectivity index (χ0) is 18.8. The van der Waals surface area contributed by atoms with Crippen molar-refractivity contribution in [3.8, 4) is 0 Å². The number of fused-ring (bicyclic) bond motifs is 2. The molecular weight excluding hydrogens is 356 g/mol. The van der Waals surface area contributed by atoms with E-state index < -0.39 is 0 Å². The first-order valence-electron chi connectivity index (χ1n) is 9.52. The van der Waals surface area contributed by atoms with Crippen LogP contribution in [0.2, 0.25) is 0 Å². The predicted molar refractivity (Wildman–Crippen MR) is 108 cm³/mol. The van der Waals surface area contributed by atoms with Crippen molar-refractivity contribution >= 4 is 29.2 Å². The molecule has 140 valence electrons. The molecule has 5 heteroatoms. The molecule has 4 rings (SSSR count). The number of benzene rings is 1. The summed E-state index contributed by atoms with van der Waals surface area (Å²) in [5.74, 6) is 0.896. The number of carbonyl (C=O) groups is 2. The molecule has 2 fully saturated rings. The average Bonchev–Trinajstić information content (AvgIpc) is 3.39. The molecule has 0 unspecified atom stereocenters. The minimum absolute atomic E-state index is 0.193. The lowest BCUT2D eigenvalue weighted by Crippen LogP contribution is -2.42. The van der Waals surface area contributed by atoms with E-state index in [2.05, 4.69) is 10.6 Å². The van der Waals surface area contributed by atoms with Crippen LogP contribution in [0.25, 0.3) is 6.08 Å². The number of thiophene rings is 1. The fourth-order valence-corrected chi connectivity index (χ4v) is 4.98. The van der Waals surface area contributed by atoms with Crippen molar-refractivity contribution in [1.82, 2.24) is 10.6 Å². The Balaban J connectivity index is 1.52. The third-order valence-electron chi connectivity index (χ3n) is 5.66. The maximum absolute atomic E-state index is 12.9. The summed E-state index contributed by atoms with van der Waals surface area (Å²) in [5.41, 5.74) is 1.88. The quantitative estimate of drug-likeness (QED) is 0.766. The molecule has 3 atom stereocenters. The van der Waals surface area contributed by atoms with Crippen LogP contribution >= 0.6 is 11.3 Å². The summed E-state index contributed by atoms with van der Waals surface area (Å²) in [6, 6.07) is 11.5. The molecule has 1 aromatic carbocycles. The molecule has 4 nitrogen and oxygen atoms in total. The Kier molecular flexibility index (Phi) is 5.12. The van der Waals surface area contributed by atoms with Crippen molar-refractivity contribution in [2.75, 3.05) is 0 Å². The van der Waals surface area contributed by atoms with Crippen molar-refractivity contribution in [1.29, 1.82) is 0 Å². The number of amides is 2. The molecule has 2 amide bonds. The predicted octanol–water partition coefficient (Wildman–Crippen LogP) is 4.13. The van der Waals surface area contributed by atoms with E-state index in [9.17, 15) is 9.59 Å². The van der Waals surface area contributed by atoms with Crippen molar-refractivity contribution in [2.45, 2.75) is 38.6 Å². The highest BCUT2D eigenvalue weighted by Gasteiger charge is 2.40. The second kappa shape index (κ2) is 7.69. The largest absolute Gasteiger partial charge is 0.348 e. The Morgan fingerprint density at radius 2 is 2.04 bits per heavy atom. The molecule has 0 radical (unpaired) electrons. The number of carbonyl (C=O) groups excluding carboxylic acids is 2. The molecule has 1 heterocycles. The molecular formula is C22H24N2O2S. The molecule has 2 aliphatic carbocycles. The van der Waals surface area contributed by atoms with Gasteiger partial charge in [0.2, 0.25) is 0 Å². The summed E-state index contributed by atoms with van der Waals surface area (Å²) in [6.45, 7) is 1.95. The van der Waals surface area contributed by atoms with Crippen LogP contribution in [0.15, 0.2) is 47.5 Å². The third-order valence-corrected chi connectivity index (χ3v) is 6.48. The minimum atomic E-state index is -0.260. The minimum Gasteiger partial charge on any atom is -0.348 e. The Labute approximate surface area is 163 Å². The van der Waals surface area contributed by atoms with Gasteiger partial charge in [-0.25, -0.2) is 0 Å². The summed E-state index contributed by atoms with van der Waals surface area (Å²) in [5, 5.41) is 7.97. The molecule has 2 aliphatic rings. The Morgan fingerprint density at radius 1 is 1.15 bits per heavy atom. The van der Waals surface area contributed by atoms with Crippen LogP contribution in [0, 0.1) is 18.8 Å². The smallest absolute Gasteiger partial charge is 0.268 e. The molecule has 27 heavy (non-hydrogen) atoms. The maximum atomic E-state index is 12.9. The molecule has 2 bridgehead atoms. The number of hydrogen-bond donors (Lipinski definition) is 2. The van der Waals surface area contributed by atoms with E-state index in [4.69, 9.17) is 0 Å². The van der Waals surface area contributed by atoms with Crippen LogP contribution in [0.3, 0.4) is 0 Å². The van der Waals surface area contributed by atoms with E-state index in [1.807, 2.05) is 42.6 Å². The highest BCUT2D eigenvalue weighted by Crippen LogP contribution is 2.44. The first kappa shape index (κ1) is 18.0. The SMILES string of the molecule is Cc1cccc(C(=O)N/C(=C\c2cccs2)C(=O)N[C@@H]2C[C@H]3CC[C@@H]2C3)c1. The first-order chi connectivity index (χ1) is 13.1. The van der Waals surface area contributed by atoms with Gasteiger partial charge in [-0.05, 0) is 67.7 Å². The van der Waals surface area contributed by atoms with Gasteiger partial charge in [0.05, 0.1) is 0 Å². The fraction of sp³-hybridized carbons (Fsp3) is 0.364. The van der Waals surface area contributed by atoms with E-state index in [-0.39, 0.29) is 17.9 Å². The van der Waals surface area contributed by atoms with Gasteiger partial charge in [0.15, 0.2) is 0 Å². The van der Waals surface area contributed by atoms with Crippen LogP contribution in [0.4, 0.5) is 0 Å². The highest BCUT2D eigenvalue weighted by atomic mass is 32.1. The lowest BCUT2D eigenvalue weighted by Gasteiger charge is -2.23. The molecule has 1 aromatic heterocycles. The Bertz CT molecular complexity index is 872. The lowest BCUT2D eigenvalue weighted by atomic mass is 9.95. The third kappa shape index (κ3) is 4.14.